The van der Waals surface area contributed by atoms with Crippen LogP contribution in [0.25, 0.3) is 0 Å². The summed E-state index contributed by atoms with van der Waals surface area (Å²) in [7, 11) is 0. The third-order valence-corrected chi connectivity index (χ3v) is 6.45. The molecule has 0 bridgehead atoms. The molecule has 0 saturated carbocycles. The lowest BCUT2D eigenvalue weighted by Gasteiger charge is -2.38. The lowest BCUT2D eigenvalue weighted by molar-refractivity contribution is 0.308. The molecule has 1 saturated heterocycles. The van der Waals surface area contributed by atoms with Crippen molar-refractivity contribution >= 4 is 23.1 Å². The molecule has 1 unspecified atom stereocenters. The number of hydrogen-bond donors (Lipinski definition) is 1. The topological polar surface area (TPSA) is 24.9 Å². The van der Waals surface area contributed by atoms with E-state index in [9.17, 15) is 0 Å². The van der Waals surface area contributed by atoms with E-state index in [-0.39, 0.29) is 5.54 Å². The number of aromatic nitrogens is 1. The summed E-state index contributed by atoms with van der Waals surface area (Å²) in [5.74, 6) is 2.50. The Hall–Kier alpha value is -0.0600. The Morgan fingerprint density at radius 3 is 2.83 bits per heavy atom. The van der Waals surface area contributed by atoms with Crippen LogP contribution in [0.3, 0.4) is 0 Å². The Morgan fingerprint density at radius 1 is 1.28 bits per heavy atom. The standard InChI is InChI=1S/C14H22N2S2/c1-10(2)16-14(7-4-8-17-9-14)13-15-11-5-3-6-12(11)18-13/h10,16H,3-9H2,1-2H3. The van der Waals surface area contributed by atoms with Gasteiger partial charge in [0.1, 0.15) is 5.01 Å². The molecule has 18 heavy (non-hydrogen) atoms. The Bertz CT molecular complexity index is 398. The number of rotatable bonds is 3. The van der Waals surface area contributed by atoms with E-state index >= 15 is 0 Å². The number of hydrogen-bond acceptors (Lipinski definition) is 4. The van der Waals surface area contributed by atoms with E-state index in [1.165, 1.54) is 54.3 Å². The lowest BCUT2D eigenvalue weighted by atomic mass is 9.95. The molecule has 1 aliphatic carbocycles. The molecule has 1 atom stereocenters. The van der Waals surface area contributed by atoms with Crippen LogP contribution in [0.5, 0.6) is 0 Å². The van der Waals surface area contributed by atoms with Crippen LogP contribution in [0.1, 0.15) is 48.7 Å². The predicted octanol–water partition coefficient (Wildman–Crippen LogP) is 3.35. The second-order valence-corrected chi connectivity index (χ2v) is 7.97. The molecule has 0 spiro atoms. The Morgan fingerprint density at radius 2 is 2.17 bits per heavy atom. The number of fused-ring (bicyclic) bond motifs is 1. The molecule has 0 amide bonds. The fourth-order valence-corrected chi connectivity index (χ4v) is 5.71. The van der Waals surface area contributed by atoms with E-state index in [2.05, 4.69) is 30.9 Å². The van der Waals surface area contributed by atoms with Gasteiger partial charge in [0.05, 0.1) is 11.2 Å². The Balaban J connectivity index is 1.91. The molecule has 0 aromatic carbocycles. The van der Waals surface area contributed by atoms with E-state index in [1.807, 2.05) is 11.3 Å². The molecule has 1 aromatic heterocycles. The van der Waals surface area contributed by atoms with Crippen LogP contribution in [0.2, 0.25) is 0 Å². The number of thiazole rings is 1. The maximum atomic E-state index is 4.98. The van der Waals surface area contributed by atoms with Crippen LogP contribution in [-0.4, -0.2) is 22.5 Å². The zero-order valence-corrected chi connectivity index (χ0v) is 12.9. The van der Waals surface area contributed by atoms with Gasteiger partial charge in [-0.1, -0.05) is 0 Å². The zero-order valence-electron chi connectivity index (χ0n) is 11.3. The van der Waals surface area contributed by atoms with Gasteiger partial charge in [-0.25, -0.2) is 4.98 Å². The second kappa shape index (κ2) is 5.14. The molecule has 1 aromatic rings. The fraction of sp³-hybridized carbons (Fsp3) is 0.786. The molecule has 1 N–H and O–H groups in total. The van der Waals surface area contributed by atoms with Gasteiger partial charge in [-0.15, -0.1) is 11.3 Å². The monoisotopic (exact) mass is 282 g/mol. The minimum Gasteiger partial charge on any atom is -0.302 e. The van der Waals surface area contributed by atoms with E-state index in [0.29, 0.717) is 6.04 Å². The van der Waals surface area contributed by atoms with Gasteiger partial charge in [-0.2, -0.15) is 11.8 Å². The van der Waals surface area contributed by atoms with Gasteiger partial charge >= 0.3 is 0 Å². The first-order chi connectivity index (χ1) is 8.70. The van der Waals surface area contributed by atoms with Crippen molar-refractivity contribution in [2.45, 2.75) is 57.5 Å². The lowest BCUT2D eigenvalue weighted by Crippen LogP contribution is -2.49. The van der Waals surface area contributed by atoms with Crippen LogP contribution in [0.15, 0.2) is 0 Å². The van der Waals surface area contributed by atoms with Gasteiger partial charge in [0.25, 0.3) is 0 Å². The van der Waals surface area contributed by atoms with Gasteiger partial charge < -0.3 is 5.32 Å². The fourth-order valence-electron chi connectivity index (χ4n) is 3.09. The summed E-state index contributed by atoms with van der Waals surface area (Å²) in [6.45, 7) is 4.50. The average Bonchev–Trinajstić information content (AvgIpc) is 2.89. The first kappa shape index (κ1) is 12.9. The van der Waals surface area contributed by atoms with Crippen LogP contribution in [0, 0.1) is 0 Å². The normalized spacial score (nSPS) is 27.7. The average molecular weight is 282 g/mol. The SMILES string of the molecule is CC(C)NC1(c2nc3c(s2)CCC3)CCCSC1. The van der Waals surface area contributed by atoms with Gasteiger partial charge in [0, 0.05) is 16.7 Å². The Kier molecular flexibility index (Phi) is 3.70. The van der Waals surface area contributed by atoms with Crippen molar-refractivity contribution in [3.63, 3.8) is 0 Å². The molecule has 1 aliphatic heterocycles. The molecule has 2 nitrogen and oxygen atoms in total. The van der Waals surface area contributed by atoms with Crippen molar-refractivity contribution in [1.29, 1.82) is 0 Å². The van der Waals surface area contributed by atoms with Gasteiger partial charge in [0.2, 0.25) is 0 Å². The molecule has 4 heteroatoms. The second-order valence-electron chi connectivity index (χ2n) is 5.78. The summed E-state index contributed by atoms with van der Waals surface area (Å²) in [4.78, 5) is 6.54. The highest BCUT2D eigenvalue weighted by Gasteiger charge is 2.38. The first-order valence-corrected chi connectivity index (χ1v) is 9.01. The van der Waals surface area contributed by atoms with Crippen molar-refractivity contribution in [3.05, 3.63) is 15.6 Å². The molecular weight excluding hydrogens is 260 g/mol. The number of thioether (sulfide) groups is 1. The molecule has 100 valence electrons. The van der Waals surface area contributed by atoms with Crippen molar-refractivity contribution in [2.75, 3.05) is 11.5 Å². The van der Waals surface area contributed by atoms with Gasteiger partial charge in [-0.3, -0.25) is 0 Å². The summed E-state index contributed by atoms with van der Waals surface area (Å²) >= 11 is 4.07. The van der Waals surface area contributed by atoms with Gasteiger partial charge in [-0.05, 0) is 51.7 Å². The molecule has 3 rings (SSSR count). The number of nitrogens with one attached hydrogen (secondary N) is 1. The van der Waals surface area contributed by atoms with Crippen molar-refractivity contribution in [3.8, 4) is 0 Å². The molecule has 0 radical (unpaired) electrons. The minimum absolute atomic E-state index is 0.159. The smallest absolute Gasteiger partial charge is 0.114 e. The van der Waals surface area contributed by atoms with Crippen molar-refractivity contribution in [1.82, 2.24) is 10.3 Å². The van der Waals surface area contributed by atoms with E-state index in [1.54, 1.807) is 4.88 Å². The highest BCUT2D eigenvalue weighted by Crippen LogP contribution is 2.40. The summed E-state index contributed by atoms with van der Waals surface area (Å²) in [5.41, 5.74) is 1.56. The third-order valence-electron chi connectivity index (χ3n) is 3.81. The quantitative estimate of drug-likeness (QED) is 0.920. The predicted molar refractivity (Wildman–Crippen MR) is 80.6 cm³/mol. The number of aryl methyl sites for hydroxylation is 2. The van der Waals surface area contributed by atoms with E-state index in [0.717, 1.165) is 0 Å². The van der Waals surface area contributed by atoms with Crippen LogP contribution >= 0.6 is 23.1 Å². The maximum Gasteiger partial charge on any atom is 0.114 e. The summed E-state index contributed by atoms with van der Waals surface area (Å²) < 4.78 is 0. The van der Waals surface area contributed by atoms with Crippen LogP contribution < -0.4 is 5.32 Å². The third kappa shape index (κ3) is 2.35. The van der Waals surface area contributed by atoms with Crippen LogP contribution in [-0.2, 0) is 18.4 Å². The van der Waals surface area contributed by atoms with Crippen molar-refractivity contribution < 1.29 is 0 Å². The highest BCUT2D eigenvalue weighted by molar-refractivity contribution is 7.99. The van der Waals surface area contributed by atoms with Crippen LogP contribution in [0.4, 0.5) is 0 Å². The largest absolute Gasteiger partial charge is 0.302 e. The summed E-state index contributed by atoms with van der Waals surface area (Å²) in [6.07, 6.45) is 6.35. The first-order valence-electron chi connectivity index (χ1n) is 7.04. The summed E-state index contributed by atoms with van der Waals surface area (Å²) in [5, 5.41) is 5.20. The van der Waals surface area contributed by atoms with E-state index in [4.69, 9.17) is 4.98 Å². The zero-order chi connectivity index (χ0) is 12.6. The maximum absolute atomic E-state index is 4.98. The van der Waals surface area contributed by atoms with Gasteiger partial charge in [0.15, 0.2) is 0 Å². The number of nitrogens with zero attached hydrogens (tertiary/aromatic N) is 1. The summed E-state index contributed by atoms with van der Waals surface area (Å²) in [6, 6.07) is 0.530. The van der Waals surface area contributed by atoms with E-state index < -0.39 is 0 Å². The van der Waals surface area contributed by atoms with Crippen molar-refractivity contribution in [2.24, 2.45) is 0 Å². The highest BCUT2D eigenvalue weighted by atomic mass is 32.2. The molecular formula is C14H22N2S2. The molecule has 2 heterocycles. The Labute approximate surface area is 118 Å². The molecule has 2 aliphatic rings. The molecule has 1 fully saturated rings. The minimum atomic E-state index is 0.159.